The molecule has 2 nitrogen and oxygen atoms in total. The molecule has 11 heavy (non-hydrogen) atoms. The maximum Gasteiger partial charge on any atom is 0.0353 e. The van der Waals surface area contributed by atoms with Crippen molar-refractivity contribution in [3.05, 3.63) is 36.5 Å². The zero-order valence-corrected chi connectivity index (χ0v) is 7.26. The standard InChI is InChI=1S/C8H12O2S/c1-3-5-8(6-4-2)7-11(9)10/h3-6H,1,7H2,2H3,(H,9,10)/p-1/b6-4-,8-5+. The smallest absolute Gasteiger partial charge is 0.0353 e. The van der Waals surface area contributed by atoms with Crippen LogP contribution in [0.5, 0.6) is 0 Å². The van der Waals surface area contributed by atoms with E-state index in [2.05, 4.69) is 6.58 Å². The van der Waals surface area contributed by atoms with Crippen molar-refractivity contribution in [1.82, 2.24) is 0 Å². The van der Waals surface area contributed by atoms with Crippen molar-refractivity contribution in [2.45, 2.75) is 6.92 Å². The first kappa shape index (κ1) is 10.3. The molecule has 0 fully saturated rings. The van der Waals surface area contributed by atoms with Gasteiger partial charge in [-0.3, -0.25) is 4.21 Å². The molecular formula is C8H11O2S-. The molecule has 62 valence electrons. The summed E-state index contributed by atoms with van der Waals surface area (Å²) in [5.74, 6) is 0.0519. The minimum Gasteiger partial charge on any atom is -0.772 e. The van der Waals surface area contributed by atoms with E-state index < -0.39 is 11.1 Å². The number of rotatable bonds is 4. The Bertz CT molecular complexity index is 204. The van der Waals surface area contributed by atoms with Crippen LogP contribution in [0.1, 0.15) is 6.92 Å². The molecule has 0 saturated heterocycles. The molecule has 1 atom stereocenters. The Morgan fingerprint density at radius 2 is 2.36 bits per heavy atom. The minimum atomic E-state index is -2.02. The maximum atomic E-state index is 10.3. The highest BCUT2D eigenvalue weighted by atomic mass is 32.2. The zero-order chi connectivity index (χ0) is 8.69. The van der Waals surface area contributed by atoms with Gasteiger partial charge in [0.2, 0.25) is 0 Å². The third-order valence-electron chi connectivity index (χ3n) is 0.997. The van der Waals surface area contributed by atoms with Gasteiger partial charge in [0.15, 0.2) is 0 Å². The lowest BCUT2D eigenvalue weighted by atomic mass is 10.2. The fourth-order valence-electron chi connectivity index (χ4n) is 0.653. The highest BCUT2D eigenvalue weighted by Gasteiger charge is 1.88. The summed E-state index contributed by atoms with van der Waals surface area (Å²) in [6.07, 6.45) is 6.79. The van der Waals surface area contributed by atoms with E-state index in [1.165, 1.54) is 0 Å². The molecule has 0 bridgehead atoms. The Kier molecular flexibility index (Phi) is 5.70. The first-order valence-corrected chi connectivity index (χ1v) is 4.45. The monoisotopic (exact) mass is 171 g/mol. The molecular weight excluding hydrogens is 160 g/mol. The molecule has 0 spiro atoms. The SMILES string of the molecule is C=C/C=C(\C=C/C)CS(=O)[O-]. The highest BCUT2D eigenvalue weighted by Crippen LogP contribution is 1.98. The maximum absolute atomic E-state index is 10.3. The minimum absolute atomic E-state index is 0.0519. The second-order valence-electron chi connectivity index (χ2n) is 1.93. The summed E-state index contributed by atoms with van der Waals surface area (Å²) >= 11 is -2.02. The Balaban J connectivity index is 4.22. The Hall–Kier alpha value is -0.670. The van der Waals surface area contributed by atoms with E-state index in [1.807, 2.05) is 6.92 Å². The van der Waals surface area contributed by atoms with E-state index in [0.29, 0.717) is 0 Å². The van der Waals surface area contributed by atoms with Crippen molar-refractivity contribution < 1.29 is 8.76 Å². The van der Waals surface area contributed by atoms with Crippen LogP contribution in [0, 0.1) is 0 Å². The largest absolute Gasteiger partial charge is 0.772 e. The van der Waals surface area contributed by atoms with Gasteiger partial charge in [-0.1, -0.05) is 42.0 Å². The van der Waals surface area contributed by atoms with E-state index >= 15 is 0 Å². The van der Waals surface area contributed by atoms with Gasteiger partial charge in [0.25, 0.3) is 0 Å². The first-order valence-electron chi connectivity index (χ1n) is 3.21. The molecule has 0 aromatic carbocycles. The van der Waals surface area contributed by atoms with Gasteiger partial charge in [0, 0.05) is 5.75 Å². The molecule has 0 aliphatic carbocycles. The van der Waals surface area contributed by atoms with Gasteiger partial charge >= 0.3 is 0 Å². The summed E-state index contributed by atoms with van der Waals surface area (Å²) in [6.45, 7) is 5.32. The lowest BCUT2D eigenvalue weighted by Gasteiger charge is -2.04. The summed E-state index contributed by atoms with van der Waals surface area (Å²) < 4.78 is 20.5. The average molecular weight is 171 g/mol. The molecule has 0 aliphatic rings. The second-order valence-corrected chi connectivity index (χ2v) is 2.82. The number of hydrogen-bond donors (Lipinski definition) is 0. The highest BCUT2D eigenvalue weighted by molar-refractivity contribution is 7.79. The van der Waals surface area contributed by atoms with Gasteiger partial charge in [0.05, 0.1) is 0 Å². The van der Waals surface area contributed by atoms with Crippen LogP contribution in [0.15, 0.2) is 36.5 Å². The fourth-order valence-corrected chi connectivity index (χ4v) is 1.12. The molecule has 3 heteroatoms. The summed E-state index contributed by atoms with van der Waals surface area (Å²) in [4.78, 5) is 0. The molecule has 1 unspecified atom stereocenters. The Labute approximate surface area is 69.6 Å². The lowest BCUT2D eigenvalue weighted by Crippen LogP contribution is -1.96. The molecule has 0 radical (unpaired) electrons. The van der Waals surface area contributed by atoms with Gasteiger partial charge in [-0.2, -0.15) is 0 Å². The fraction of sp³-hybridized carbons (Fsp3) is 0.250. The third kappa shape index (κ3) is 5.76. The molecule has 0 aliphatic heterocycles. The summed E-state index contributed by atoms with van der Waals surface area (Å²) in [7, 11) is 0. The van der Waals surface area contributed by atoms with Crippen molar-refractivity contribution >= 4 is 11.1 Å². The van der Waals surface area contributed by atoms with Gasteiger partial charge in [-0.05, 0) is 12.5 Å². The summed E-state index contributed by atoms with van der Waals surface area (Å²) in [5, 5.41) is 0. The first-order chi connectivity index (χ1) is 5.20. The van der Waals surface area contributed by atoms with Crippen LogP contribution in [-0.2, 0) is 11.1 Å². The van der Waals surface area contributed by atoms with Crippen LogP contribution in [0.2, 0.25) is 0 Å². The van der Waals surface area contributed by atoms with E-state index in [0.717, 1.165) is 5.57 Å². The van der Waals surface area contributed by atoms with Crippen LogP contribution in [0.4, 0.5) is 0 Å². The van der Waals surface area contributed by atoms with Gasteiger partial charge in [-0.25, -0.2) is 0 Å². The quantitative estimate of drug-likeness (QED) is 0.475. The number of allylic oxidation sites excluding steroid dienone is 4. The Morgan fingerprint density at radius 1 is 1.73 bits per heavy atom. The molecule has 0 heterocycles. The normalized spacial score (nSPS) is 15.3. The van der Waals surface area contributed by atoms with Gasteiger partial charge in [-0.15, -0.1) is 0 Å². The molecule has 0 aromatic heterocycles. The van der Waals surface area contributed by atoms with Crippen LogP contribution >= 0.6 is 0 Å². The third-order valence-corrected chi connectivity index (χ3v) is 1.57. The van der Waals surface area contributed by atoms with Crippen molar-refractivity contribution in [2.75, 3.05) is 5.75 Å². The van der Waals surface area contributed by atoms with Crippen molar-refractivity contribution in [1.29, 1.82) is 0 Å². The molecule has 0 aromatic rings. The van der Waals surface area contributed by atoms with Crippen LogP contribution < -0.4 is 0 Å². The summed E-state index contributed by atoms with van der Waals surface area (Å²) in [6, 6.07) is 0. The van der Waals surface area contributed by atoms with Crippen molar-refractivity contribution in [3.63, 3.8) is 0 Å². The van der Waals surface area contributed by atoms with E-state index in [-0.39, 0.29) is 5.75 Å². The molecule has 0 N–H and O–H groups in total. The lowest BCUT2D eigenvalue weighted by molar-refractivity contribution is 0.539. The predicted molar refractivity (Wildman–Crippen MR) is 46.9 cm³/mol. The van der Waals surface area contributed by atoms with E-state index in [9.17, 15) is 8.76 Å². The van der Waals surface area contributed by atoms with E-state index in [4.69, 9.17) is 0 Å². The average Bonchev–Trinajstić information content (AvgIpc) is 1.87. The molecule has 0 rings (SSSR count). The topological polar surface area (TPSA) is 40.1 Å². The van der Waals surface area contributed by atoms with Crippen LogP contribution in [0.25, 0.3) is 0 Å². The molecule has 0 amide bonds. The van der Waals surface area contributed by atoms with Crippen molar-refractivity contribution in [3.8, 4) is 0 Å². The van der Waals surface area contributed by atoms with Crippen molar-refractivity contribution in [2.24, 2.45) is 0 Å². The Morgan fingerprint density at radius 3 is 2.73 bits per heavy atom. The van der Waals surface area contributed by atoms with E-state index in [1.54, 1.807) is 24.3 Å². The molecule has 0 saturated carbocycles. The van der Waals surface area contributed by atoms with Crippen LogP contribution in [-0.4, -0.2) is 14.5 Å². The summed E-state index contributed by atoms with van der Waals surface area (Å²) in [5.41, 5.74) is 0.746. The van der Waals surface area contributed by atoms with Gasteiger partial charge < -0.3 is 4.55 Å². The second kappa shape index (κ2) is 6.07. The number of hydrogen-bond acceptors (Lipinski definition) is 2. The van der Waals surface area contributed by atoms with Crippen LogP contribution in [0.3, 0.4) is 0 Å². The zero-order valence-electron chi connectivity index (χ0n) is 6.45. The predicted octanol–water partition coefficient (Wildman–Crippen LogP) is 1.55. The van der Waals surface area contributed by atoms with Gasteiger partial charge in [0.1, 0.15) is 0 Å².